The lowest BCUT2D eigenvalue weighted by Crippen LogP contribution is -2.42. The molecule has 0 spiro atoms. The third-order valence-electron chi connectivity index (χ3n) is 6.49. The Kier molecular flexibility index (Phi) is 5.84. The summed E-state index contributed by atoms with van der Waals surface area (Å²) in [6, 6.07) is 7.33. The number of carbonyl (C=O) groups excluding carboxylic acids is 1. The average molecular weight is 453 g/mol. The van der Waals surface area contributed by atoms with Crippen LogP contribution in [-0.4, -0.2) is 61.5 Å². The van der Waals surface area contributed by atoms with E-state index >= 15 is 0 Å². The Morgan fingerprint density at radius 3 is 2.79 bits per heavy atom. The fourth-order valence-corrected chi connectivity index (χ4v) is 4.59. The molecule has 2 fully saturated rings. The quantitative estimate of drug-likeness (QED) is 0.533. The highest BCUT2D eigenvalue weighted by molar-refractivity contribution is 5.79. The van der Waals surface area contributed by atoms with Crippen LogP contribution >= 0.6 is 0 Å². The second-order valence-corrected chi connectivity index (χ2v) is 8.83. The summed E-state index contributed by atoms with van der Waals surface area (Å²) < 4.78 is 9.80. The summed E-state index contributed by atoms with van der Waals surface area (Å²) in [4.78, 5) is 44.9. The molecule has 2 aliphatic rings. The lowest BCUT2D eigenvalue weighted by atomic mass is 9.97. The van der Waals surface area contributed by atoms with Crippen molar-refractivity contribution in [2.75, 3.05) is 26.8 Å². The van der Waals surface area contributed by atoms with E-state index in [1.165, 1.54) is 15.6 Å². The number of benzene rings is 1. The van der Waals surface area contributed by atoms with E-state index in [-0.39, 0.29) is 35.7 Å². The molecule has 1 saturated carbocycles. The minimum Gasteiger partial charge on any atom is -0.383 e. The molecule has 1 aromatic carbocycles. The van der Waals surface area contributed by atoms with E-state index in [0.717, 1.165) is 31.5 Å². The van der Waals surface area contributed by atoms with Crippen molar-refractivity contribution in [3.63, 3.8) is 0 Å². The minimum absolute atomic E-state index is 0.00811. The van der Waals surface area contributed by atoms with Crippen molar-refractivity contribution >= 4 is 16.8 Å². The molecule has 3 aromatic rings. The average Bonchev–Trinajstić information content (AvgIpc) is 3.62. The molecular weight excluding hydrogens is 424 g/mol. The second kappa shape index (κ2) is 8.93. The molecule has 1 amide bonds. The molecule has 1 unspecified atom stereocenters. The number of amides is 1. The number of methoxy groups -OCH3 is 1. The number of nitrogens with zero attached hydrogens (tertiary/aromatic N) is 6. The van der Waals surface area contributed by atoms with Gasteiger partial charge in [0.05, 0.1) is 30.4 Å². The van der Waals surface area contributed by atoms with Crippen LogP contribution in [0.3, 0.4) is 0 Å². The van der Waals surface area contributed by atoms with Gasteiger partial charge in [-0.25, -0.2) is 14.5 Å². The van der Waals surface area contributed by atoms with Crippen LogP contribution in [0.25, 0.3) is 10.9 Å². The van der Waals surface area contributed by atoms with Crippen molar-refractivity contribution in [2.24, 2.45) is 0 Å². The molecule has 1 aliphatic carbocycles. The first kappa shape index (κ1) is 21.6. The molecule has 10 heteroatoms. The summed E-state index contributed by atoms with van der Waals surface area (Å²) >= 11 is 0. The van der Waals surface area contributed by atoms with E-state index in [9.17, 15) is 14.4 Å². The van der Waals surface area contributed by atoms with E-state index in [4.69, 9.17) is 4.74 Å². The predicted molar refractivity (Wildman–Crippen MR) is 121 cm³/mol. The van der Waals surface area contributed by atoms with Crippen LogP contribution in [0.4, 0.5) is 0 Å². The summed E-state index contributed by atoms with van der Waals surface area (Å²) in [6.45, 7) is 1.90. The molecule has 1 aliphatic heterocycles. The normalized spacial score (nSPS) is 18.7. The molecule has 3 heterocycles. The Morgan fingerprint density at radius 2 is 2.00 bits per heavy atom. The first-order valence-corrected chi connectivity index (χ1v) is 11.5. The molecule has 0 bridgehead atoms. The lowest BCUT2D eigenvalue weighted by Gasteiger charge is -2.32. The Balaban J connectivity index is 1.35. The van der Waals surface area contributed by atoms with Crippen LogP contribution in [0.15, 0.2) is 40.2 Å². The SMILES string of the molecule is COCCn1nc(C2CCCN(C(=O)Cn3cnc4ccccc4c3=O)C2)n(C2CC2)c1=O. The largest absolute Gasteiger partial charge is 0.383 e. The zero-order chi connectivity index (χ0) is 22.9. The number of hydrogen-bond donors (Lipinski definition) is 0. The zero-order valence-electron chi connectivity index (χ0n) is 18.7. The molecule has 2 aromatic heterocycles. The van der Waals surface area contributed by atoms with Gasteiger partial charge in [-0.2, -0.15) is 5.10 Å². The van der Waals surface area contributed by atoms with Crippen LogP contribution in [-0.2, 0) is 22.6 Å². The summed E-state index contributed by atoms with van der Waals surface area (Å²) in [5.41, 5.74) is 0.301. The number of ether oxygens (including phenoxy) is 1. The number of carbonyl (C=O) groups is 1. The van der Waals surface area contributed by atoms with Crippen molar-refractivity contribution in [1.82, 2.24) is 28.8 Å². The number of fused-ring (bicyclic) bond motifs is 1. The van der Waals surface area contributed by atoms with Crippen molar-refractivity contribution in [1.29, 1.82) is 0 Å². The van der Waals surface area contributed by atoms with Crippen LogP contribution < -0.4 is 11.2 Å². The highest BCUT2D eigenvalue weighted by atomic mass is 16.5. The van der Waals surface area contributed by atoms with E-state index in [0.29, 0.717) is 37.1 Å². The van der Waals surface area contributed by atoms with Gasteiger partial charge in [-0.1, -0.05) is 12.1 Å². The Labute approximate surface area is 190 Å². The summed E-state index contributed by atoms with van der Waals surface area (Å²) in [7, 11) is 1.60. The second-order valence-electron chi connectivity index (χ2n) is 8.83. The van der Waals surface area contributed by atoms with Crippen LogP contribution in [0.5, 0.6) is 0 Å². The number of hydrogen-bond acceptors (Lipinski definition) is 6. The lowest BCUT2D eigenvalue weighted by molar-refractivity contribution is -0.133. The number of likely N-dealkylation sites (tertiary alicyclic amines) is 1. The molecule has 0 N–H and O–H groups in total. The third-order valence-corrected chi connectivity index (χ3v) is 6.49. The molecule has 174 valence electrons. The number of aromatic nitrogens is 5. The molecule has 1 atom stereocenters. The Morgan fingerprint density at radius 1 is 1.18 bits per heavy atom. The zero-order valence-corrected chi connectivity index (χ0v) is 18.7. The maximum absolute atomic E-state index is 13.1. The minimum atomic E-state index is -0.220. The molecule has 5 rings (SSSR count). The van der Waals surface area contributed by atoms with E-state index in [1.807, 2.05) is 10.6 Å². The maximum atomic E-state index is 13.1. The molecule has 1 saturated heterocycles. The number of para-hydroxylation sites is 1. The topological polar surface area (TPSA) is 104 Å². The number of piperidine rings is 1. The van der Waals surface area contributed by atoms with Gasteiger partial charge in [0.15, 0.2) is 0 Å². The summed E-state index contributed by atoms with van der Waals surface area (Å²) in [5.74, 6) is 0.630. The maximum Gasteiger partial charge on any atom is 0.346 e. The highest BCUT2D eigenvalue weighted by Crippen LogP contribution is 2.37. The summed E-state index contributed by atoms with van der Waals surface area (Å²) in [6.07, 6.45) is 5.10. The van der Waals surface area contributed by atoms with Crippen molar-refractivity contribution < 1.29 is 9.53 Å². The molecule has 33 heavy (non-hydrogen) atoms. The van der Waals surface area contributed by atoms with Gasteiger partial charge in [-0.15, -0.1) is 0 Å². The highest BCUT2D eigenvalue weighted by Gasteiger charge is 2.35. The summed E-state index contributed by atoms with van der Waals surface area (Å²) in [5, 5.41) is 5.14. The van der Waals surface area contributed by atoms with Gasteiger partial charge in [-0.05, 0) is 37.8 Å². The van der Waals surface area contributed by atoms with Gasteiger partial charge in [-0.3, -0.25) is 18.7 Å². The predicted octanol–water partition coefficient (Wildman–Crippen LogP) is 1.14. The Bertz CT molecular complexity index is 1290. The molecule has 10 nitrogen and oxygen atoms in total. The first-order chi connectivity index (χ1) is 16.1. The number of rotatable bonds is 7. The fraction of sp³-hybridized carbons (Fsp3) is 0.522. The van der Waals surface area contributed by atoms with Crippen LogP contribution in [0.2, 0.25) is 0 Å². The standard InChI is InChI=1S/C23H28N6O4/c1-33-12-11-28-23(32)29(17-8-9-17)21(25-28)16-5-4-10-26(13-16)20(30)14-27-15-24-19-7-3-2-6-18(19)22(27)31/h2-3,6-7,15-17H,4-5,8-14H2,1H3. The van der Waals surface area contributed by atoms with Crippen molar-refractivity contribution in [3.05, 3.63) is 57.3 Å². The van der Waals surface area contributed by atoms with E-state index in [2.05, 4.69) is 10.1 Å². The van der Waals surface area contributed by atoms with Gasteiger partial charge in [0, 0.05) is 32.2 Å². The van der Waals surface area contributed by atoms with Crippen LogP contribution in [0, 0.1) is 0 Å². The first-order valence-electron chi connectivity index (χ1n) is 11.5. The molecule has 0 radical (unpaired) electrons. The van der Waals surface area contributed by atoms with Crippen molar-refractivity contribution in [2.45, 2.75) is 50.7 Å². The van der Waals surface area contributed by atoms with Gasteiger partial charge >= 0.3 is 5.69 Å². The van der Waals surface area contributed by atoms with Crippen LogP contribution in [0.1, 0.15) is 43.5 Å². The molecular formula is C23H28N6O4. The van der Waals surface area contributed by atoms with Crippen molar-refractivity contribution in [3.8, 4) is 0 Å². The van der Waals surface area contributed by atoms with Gasteiger partial charge in [0.2, 0.25) is 5.91 Å². The third kappa shape index (κ3) is 4.22. The Hall–Kier alpha value is -3.27. The fourth-order valence-electron chi connectivity index (χ4n) is 4.59. The monoisotopic (exact) mass is 452 g/mol. The smallest absolute Gasteiger partial charge is 0.346 e. The van der Waals surface area contributed by atoms with Gasteiger partial charge < -0.3 is 9.64 Å². The van der Waals surface area contributed by atoms with E-state index in [1.54, 1.807) is 30.2 Å². The van der Waals surface area contributed by atoms with Gasteiger partial charge in [0.25, 0.3) is 5.56 Å². The van der Waals surface area contributed by atoms with Gasteiger partial charge in [0.1, 0.15) is 12.4 Å². The van der Waals surface area contributed by atoms with E-state index < -0.39 is 0 Å².